The first-order valence-corrected chi connectivity index (χ1v) is 14.0. The molecule has 39 heavy (non-hydrogen) atoms. The van der Waals surface area contributed by atoms with E-state index in [0.29, 0.717) is 24.0 Å². The molecule has 0 fully saturated rings. The van der Waals surface area contributed by atoms with Crippen molar-refractivity contribution in [3.05, 3.63) is 71.0 Å². The summed E-state index contributed by atoms with van der Waals surface area (Å²) in [6, 6.07) is 7.40. The number of allylic oxidation sites excluding steroid dienone is 5. The van der Waals surface area contributed by atoms with Gasteiger partial charge in [-0.15, -0.1) is 0 Å². The van der Waals surface area contributed by atoms with E-state index in [0.717, 1.165) is 34.4 Å². The van der Waals surface area contributed by atoms with E-state index < -0.39 is 12.1 Å². The zero-order valence-electron chi connectivity index (χ0n) is 25.0. The lowest BCUT2D eigenvalue weighted by molar-refractivity contribution is -0.175. The van der Waals surface area contributed by atoms with Crippen LogP contribution >= 0.6 is 0 Å². The number of nitrogens with one attached hydrogen (secondary N) is 1. The third-order valence-corrected chi connectivity index (χ3v) is 7.12. The summed E-state index contributed by atoms with van der Waals surface area (Å²) in [5.41, 5.74) is 5.31. The van der Waals surface area contributed by atoms with E-state index in [2.05, 4.69) is 44.9 Å². The van der Waals surface area contributed by atoms with Gasteiger partial charge in [-0.2, -0.15) is 13.2 Å². The molecular weight excluding hydrogens is 497 g/mol. The lowest BCUT2D eigenvalue weighted by Gasteiger charge is -2.24. The van der Waals surface area contributed by atoms with Crippen LogP contribution in [0.4, 0.5) is 13.2 Å². The zero-order chi connectivity index (χ0) is 29.6. The van der Waals surface area contributed by atoms with Crippen molar-refractivity contribution in [1.29, 1.82) is 0 Å². The van der Waals surface area contributed by atoms with Crippen molar-refractivity contribution in [1.82, 2.24) is 10.3 Å². The molecule has 1 atom stereocenters. The standard InChI is InChI=1S/C24H27F3N2O.C5H12.C4H8/c1-4-15(2)16(3)13-29-23(30)19-12-18-6-5-7-21(22(18)28-14-19)17-8-10-20(11-9-17)24(25,26)27;1-4-5(2)3;1-3-4-2/h5-8,12,14,20H,4,9-11,13H2,1-3H3,(H,29,30);5H,4H2,1-3H3;3-4H,1-2H3/b;;4-3-. The summed E-state index contributed by atoms with van der Waals surface area (Å²) in [7, 11) is 0. The number of rotatable bonds is 6. The summed E-state index contributed by atoms with van der Waals surface area (Å²) in [4.78, 5) is 17.0. The summed E-state index contributed by atoms with van der Waals surface area (Å²) in [6.07, 6.45) is 5.79. The molecule has 6 heteroatoms. The second kappa shape index (κ2) is 16.9. The van der Waals surface area contributed by atoms with Crippen molar-refractivity contribution in [2.75, 3.05) is 6.54 Å². The number of hydrogen-bond donors (Lipinski definition) is 1. The van der Waals surface area contributed by atoms with Crippen molar-refractivity contribution in [2.45, 2.75) is 93.7 Å². The van der Waals surface area contributed by atoms with Gasteiger partial charge in [0.15, 0.2) is 0 Å². The summed E-state index contributed by atoms with van der Waals surface area (Å²) in [6.45, 7) is 17.3. The van der Waals surface area contributed by atoms with Crippen molar-refractivity contribution < 1.29 is 18.0 Å². The van der Waals surface area contributed by atoms with Crippen LogP contribution in [0, 0.1) is 11.8 Å². The van der Waals surface area contributed by atoms with Gasteiger partial charge in [-0.05, 0) is 70.9 Å². The molecule has 1 amide bonds. The first-order valence-electron chi connectivity index (χ1n) is 14.0. The van der Waals surface area contributed by atoms with Gasteiger partial charge in [0.05, 0.1) is 17.0 Å². The Balaban J connectivity index is 0.000000733. The number of amides is 1. The quantitative estimate of drug-likeness (QED) is 0.368. The predicted octanol–water partition coefficient (Wildman–Crippen LogP) is 10.1. The Labute approximate surface area is 233 Å². The molecule has 1 aliphatic rings. The molecule has 216 valence electrons. The van der Waals surface area contributed by atoms with E-state index in [9.17, 15) is 18.0 Å². The third kappa shape index (κ3) is 11.4. The number of nitrogens with zero attached hydrogens (tertiary/aromatic N) is 1. The van der Waals surface area contributed by atoms with E-state index in [1.165, 1.54) is 18.2 Å². The molecule has 0 spiro atoms. The van der Waals surface area contributed by atoms with Crippen LogP contribution in [0.3, 0.4) is 0 Å². The Morgan fingerprint density at radius 2 is 1.77 bits per heavy atom. The second-order valence-corrected chi connectivity index (χ2v) is 10.4. The van der Waals surface area contributed by atoms with E-state index in [-0.39, 0.29) is 18.7 Å². The van der Waals surface area contributed by atoms with Crippen LogP contribution in [0.2, 0.25) is 0 Å². The molecule has 1 unspecified atom stereocenters. The minimum absolute atomic E-state index is 0.000242. The SMILES string of the molecule is C/C=C\C.CCC(C)=C(C)CNC(=O)c1cnc2c(C3=CCC(C(F)(F)F)CC3)cccc2c1.CCC(C)C. The topological polar surface area (TPSA) is 42.0 Å². The van der Waals surface area contributed by atoms with Crippen LogP contribution < -0.4 is 5.32 Å². The second-order valence-electron chi connectivity index (χ2n) is 10.4. The predicted molar refractivity (Wildman–Crippen MR) is 160 cm³/mol. The van der Waals surface area contributed by atoms with Crippen molar-refractivity contribution in [3.63, 3.8) is 0 Å². The number of carbonyl (C=O) groups excluding carboxylic acids is 1. The molecule has 0 saturated heterocycles. The van der Waals surface area contributed by atoms with Crippen LogP contribution in [0.1, 0.15) is 103 Å². The molecule has 1 aliphatic carbocycles. The van der Waals surface area contributed by atoms with Gasteiger partial charge < -0.3 is 5.32 Å². The van der Waals surface area contributed by atoms with Crippen molar-refractivity contribution in [3.8, 4) is 0 Å². The average Bonchev–Trinajstić information content (AvgIpc) is 2.94. The lowest BCUT2D eigenvalue weighted by atomic mass is 9.85. The van der Waals surface area contributed by atoms with Gasteiger partial charge in [0.2, 0.25) is 0 Å². The Morgan fingerprint density at radius 1 is 1.13 bits per heavy atom. The largest absolute Gasteiger partial charge is 0.392 e. The van der Waals surface area contributed by atoms with Crippen LogP contribution in [-0.2, 0) is 0 Å². The van der Waals surface area contributed by atoms with Gasteiger partial charge in [-0.1, -0.05) is 81.7 Å². The maximum atomic E-state index is 12.9. The maximum absolute atomic E-state index is 12.9. The van der Waals surface area contributed by atoms with Gasteiger partial charge in [0.1, 0.15) is 0 Å². The maximum Gasteiger partial charge on any atom is 0.392 e. The van der Waals surface area contributed by atoms with Gasteiger partial charge in [0, 0.05) is 23.7 Å². The highest BCUT2D eigenvalue weighted by molar-refractivity contribution is 5.99. The zero-order valence-corrected chi connectivity index (χ0v) is 25.0. The highest BCUT2D eigenvalue weighted by Crippen LogP contribution is 2.40. The number of carbonyl (C=O) groups is 1. The summed E-state index contributed by atoms with van der Waals surface area (Å²) in [5.74, 6) is -0.578. The van der Waals surface area contributed by atoms with Gasteiger partial charge in [-0.3, -0.25) is 9.78 Å². The number of halogens is 3. The first-order chi connectivity index (χ1) is 18.4. The monoisotopic (exact) mass is 544 g/mol. The molecule has 1 N–H and O–H groups in total. The molecular formula is C33H47F3N2O. The van der Waals surface area contributed by atoms with E-state index in [1.54, 1.807) is 12.1 Å². The Morgan fingerprint density at radius 3 is 2.26 bits per heavy atom. The Hall–Kier alpha value is -2.89. The smallest absolute Gasteiger partial charge is 0.348 e. The van der Waals surface area contributed by atoms with Gasteiger partial charge in [-0.25, -0.2) is 0 Å². The number of fused-ring (bicyclic) bond motifs is 1. The van der Waals surface area contributed by atoms with Crippen LogP contribution in [0.25, 0.3) is 16.5 Å². The highest BCUT2D eigenvalue weighted by Gasteiger charge is 2.39. The average molecular weight is 545 g/mol. The lowest BCUT2D eigenvalue weighted by Crippen LogP contribution is -2.25. The fourth-order valence-electron chi connectivity index (χ4n) is 3.69. The highest BCUT2D eigenvalue weighted by atomic mass is 19.4. The number of benzene rings is 1. The number of aromatic nitrogens is 1. The fraction of sp³-hybridized carbons (Fsp3) is 0.515. The van der Waals surface area contributed by atoms with E-state index in [1.807, 2.05) is 51.1 Å². The van der Waals surface area contributed by atoms with Gasteiger partial charge >= 0.3 is 6.18 Å². The molecule has 3 nitrogen and oxygen atoms in total. The number of hydrogen-bond acceptors (Lipinski definition) is 2. The molecule has 0 aliphatic heterocycles. The molecule has 2 aromatic rings. The Kier molecular flexibility index (Phi) is 14.8. The molecule has 1 aromatic heterocycles. The summed E-state index contributed by atoms with van der Waals surface area (Å²) in [5, 5.41) is 3.72. The molecule has 0 radical (unpaired) electrons. The normalized spacial score (nSPS) is 16.1. The van der Waals surface area contributed by atoms with Crippen molar-refractivity contribution in [2.24, 2.45) is 11.8 Å². The molecule has 1 heterocycles. The fourth-order valence-corrected chi connectivity index (χ4v) is 3.69. The van der Waals surface area contributed by atoms with Crippen LogP contribution in [-0.4, -0.2) is 23.6 Å². The molecule has 0 saturated carbocycles. The molecule has 0 bridgehead atoms. The number of alkyl halides is 3. The Bertz CT molecular complexity index is 1140. The minimum atomic E-state index is -4.15. The van der Waals surface area contributed by atoms with E-state index >= 15 is 0 Å². The number of pyridine rings is 1. The summed E-state index contributed by atoms with van der Waals surface area (Å²) < 4.78 is 38.8. The molecule has 1 aromatic carbocycles. The van der Waals surface area contributed by atoms with Crippen LogP contribution in [0.5, 0.6) is 0 Å². The molecule has 3 rings (SSSR count). The summed E-state index contributed by atoms with van der Waals surface area (Å²) >= 11 is 0. The van der Waals surface area contributed by atoms with E-state index in [4.69, 9.17) is 0 Å². The first kappa shape index (κ1) is 34.1. The van der Waals surface area contributed by atoms with Gasteiger partial charge in [0.25, 0.3) is 5.91 Å². The number of para-hydroxylation sites is 1. The minimum Gasteiger partial charge on any atom is -0.348 e. The van der Waals surface area contributed by atoms with Crippen LogP contribution in [0.15, 0.2) is 59.8 Å². The van der Waals surface area contributed by atoms with Crippen molar-refractivity contribution >= 4 is 22.4 Å². The third-order valence-electron chi connectivity index (χ3n) is 7.12.